The number of hydrogen-bond donors (Lipinski definition) is 3. The average molecular weight is 295 g/mol. The Hall–Kier alpha value is -2.33. The van der Waals surface area contributed by atoms with E-state index in [1.807, 2.05) is 30.5 Å². The van der Waals surface area contributed by atoms with Crippen LogP contribution in [0.5, 0.6) is 0 Å². The number of H-pyrrole nitrogens is 1. The zero-order chi connectivity index (χ0) is 14.5. The van der Waals surface area contributed by atoms with Crippen LogP contribution in [-0.2, 0) is 6.42 Å². The Morgan fingerprint density at radius 1 is 1.05 bits per heavy atom. The van der Waals surface area contributed by atoms with Gasteiger partial charge in [0.15, 0.2) is 5.11 Å². The maximum absolute atomic E-state index is 5.32. The van der Waals surface area contributed by atoms with Crippen LogP contribution < -0.4 is 10.6 Å². The maximum Gasteiger partial charge on any atom is 0.170 e. The molecule has 0 aliphatic heterocycles. The minimum absolute atomic E-state index is 0.654. The molecule has 0 saturated heterocycles. The smallest absolute Gasteiger partial charge is 0.170 e. The molecule has 1 aromatic heterocycles. The van der Waals surface area contributed by atoms with E-state index in [1.165, 1.54) is 10.9 Å². The standard InChI is InChI=1S/C17H17N3S/c21-17(19-10-8-13-4-2-1-3-5-13)20-15-6-7-16-14(12-15)9-11-18-16/h1-7,9,11-12,18H,8,10H2,(H2,19,20,21). The summed E-state index contributed by atoms with van der Waals surface area (Å²) in [5.41, 5.74) is 3.43. The summed E-state index contributed by atoms with van der Waals surface area (Å²) in [6, 6.07) is 18.6. The van der Waals surface area contributed by atoms with Crippen LogP contribution in [0.2, 0.25) is 0 Å². The van der Waals surface area contributed by atoms with E-state index in [-0.39, 0.29) is 0 Å². The van der Waals surface area contributed by atoms with Gasteiger partial charge in [0.25, 0.3) is 0 Å². The molecule has 0 radical (unpaired) electrons. The van der Waals surface area contributed by atoms with Crippen molar-refractivity contribution in [2.24, 2.45) is 0 Å². The number of anilines is 1. The van der Waals surface area contributed by atoms with Gasteiger partial charge in [-0.15, -0.1) is 0 Å². The lowest BCUT2D eigenvalue weighted by molar-refractivity contribution is 0.873. The number of rotatable bonds is 4. The van der Waals surface area contributed by atoms with E-state index in [0.29, 0.717) is 5.11 Å². The zero-order valence-electron chi connectivity index (χ0n) is 11.6. The van der Waals surface area contributed by atoms with Gasteiger partial charge in [-0.3, -0.25) is 0 Å². The first kappa shape index (κ1) is 13.6. The largest absolute Gasteiger partial charge is 0.362 e. The number of benzene rings is 2. The van der Waals surface area contributed by atoms with Crippen LogP contribution >= 0.6 is 12.2 Å². The molecule has 4 heteroatoms. The van der Waals surface area contributed by atoms with Gasteiger partial charge < -0.3 is 15.6 Å². The Kier molecular flexibility index (Phi) is 4.17. The Bertz CT molecular complexity index is 734. The molecule has 0 fully saturated rings. The van der Waals surface area contributed by atoms with Crippen LogP contribution in [0.3, 0.4) is 0 Å². The highest BCUT2D eigenvalue weighted by atomic mass is 32.1. The van der Waals surface area contributed by atoms with Crippen LogP contribution in [0.4, 0.5) is 5.69 Å². The molecule has 106 valence electrons. The number of thiocarbonyl (C=S) groups is 1. The van der Waals surface area contributed by atoms with Crippen molar-refractivity contribution >= 4 is 33.9 Å². The normalized spacial score (nSPS) is 10.5. The van der Waals surface area contributed by atoms with E-state index >= 15 is 0 Å². The maximum atomic E-state index is 5.32. The molecular weight excluding hydrogens is 278 g/mol. The second kappa shape index (κ2) is 6.41. The molecule has 3 rings (SSSR count). The Labute approximate surface area is 129 Å². The molecule has 0 unspecified atom stereocenters. The minimum Gasteiger partial charge on any atom is -0.362 e. The van der Waals surface area contributed by atoms with Gasteiger partial charge in [-0.2, -0.15) is 0 Å². The van der Waals surface area contributed by atoms with Crippen molar-refractivity contribution in [3.63, 3.8) is 0 Å². The van der Waals surface area contributed by atoms with Crippen molar-refractivity contribution < 1.29 is 0 Å². The molecule has 2 aromatic carbocycles. The minimum atomic E-state index is 0.654. The topological polar surface area (TPSA) is 39.8 Å². The Morgan fingerprint density at radius 3 is 2.76 bits per heavy atom. The lowest BCUT2D eigenvalue weighted by Crippen LogP contribution is -2.30. The van der Waals surface area contributed by atoms with E-state index < -0.39 is 0 Å². The van der Waals surface area contributed by atoms with E-state index in [4.69, 9.17) is 12.2 Å². The molecule has 0 saturated carbocycles. The predicted octanol–water partition coefficient (Wildman–Crippen LogP) is 3.70. The number of hydrogen-bond acceptors (Lipinski definition) is 1. The molecule has 0 aliphatic rings. The van der Waals surface area contributed by atoms with Crippen molar-refractivity contribution in [3.05, 3.63) is 66.4 Å². The van der Waals surface area contributed by atoms with Gasteiger partial charge in [-0.05, 0) is 48.5 Å². The summed E-state index contributed by atoms with van der Waals surface area (Å²) in [5.74, 6) is 0. The van der Waals surface area contributed by atoms with Gasteiger partial charge in [0, 0.05) is 29.3 Å². The van der Waals surface area contributed by atoms with Gasteiger partial charge in [0.1, 0.15) is 0 Å². The lowest BCUT2D eigenvalue weighted by Gasteiger charge is -2.10. The quantitative estimate of drug-likeness (QED) is 0.643. The fraction of sp³-hybridized carbons (Fsp3) is 0.118. The summed E-state index contributed by atoms with van der Waals surface area (Å²) in [6.07, 6.45) is 2.89. The van der Waals surface area contributed by atoms with Gasteiger partial charge in [0.05, 0.1) is 0 Å². The third-order valence-electron chi connectivity index (χ3n) is 3.35. The van der Waals surface area contributed by atoms with Gasteiger partial charge in [0.2, 0.25) is 0 Å². The first-order chi connectivity index (χ1) is 10.3. The SMILES string of the molecule is S=C(NCCc1ccccc1)Nc1ccc2[nH]ccc2c1. The van der Waals surface area contributed by atoms with Crippen molar-refractivity contribution in [1.29, 1.82) is 0 Å². The molecule has 3 aromatic rings. The summed E-state index contributed by atoms with van der Waals surface area (Å²) < 4.78 is 0. The molecule has 3 N–H and O–H groups in total. The van der Waals surface area contributed by atoms with E-state index in [1.54, 1.807) is 0 Å². The lowest BCUT2D eigenvalue weighted by atomic mass is 10.1. The third-order valence-corrected chi connectivity index (χ3v) is 3.60. The van der Waals surface area contributed by atoms with E-state index in [9.17, 15) is 0 Å². The summed E-state index contributed by atoms with van der Waals surface area (Å²) in [7, 11) is 0. The van der Waals surface area contributed by atoms with Crippen LogP contribution in [0, 0.1) is 0 Å². The number of aromatic amines is 1. The van der Waals surface area contributed by atoms with Crippen LogP contribution in [-0.4, -0.2) is 16.6 Å². The molecule has 0 atom stereocenters. The Balaban J connectivity index is 1.51. The Morgan fingerprint density at radius 2 is 1.90 bits per heavy atom. The fourth-order valence-corrected chi connectivity index (χ4v) is 2.49. The first-order valence-corrected chi connectivity index (χ1v) is 7.38. The molecule has 21 heavy (non-hydrogen) atoms. The number of aromatic nitrogens is 1. The van der Waals surface area contributed by atoms with Gasteiger partial charge >= 0.3 is 0 Å². The molecule has 0 spiro atoms. The highest BCUT2D eigenvalue weighted by molar-refractivity contribution is 7.80. The number of fused-ring (bicyclic) bond motifs is 1. The fourth-order valence-electron chi connectivity index (χ4n) is 2.27. The van der Waals surface area contributed by atoms with Crippen molar-refractivity contribution in [2.45, 2.75) is 6.42 Å². The molecule has 0 amide bonds. The van der Waals surface area contributed by atoms with Crippen LogP contribution in [0.15, 0.2) is 60.8 Å². The second-order valence-corrected chi connectivity index (χ2v) is 5.30. The first-order valence-electron chi connectivity index (χ1n) is 6.97. The summed E-state index contributed by atoms with van der Waals surface area (Å²) in [5, 5.41) is 8.28. The molecule has 0 aliphatic carbocycles. The molecular formula is C17H17N3S. The summed E-state index contributed by atoms with van der Waals surface area (Å²) >= 11 is 5.32. The van der Waals surface area contributed by atoms with E-state index in [2.05, 4.69) is 45.9 Å². The van der Waals surface area contributed by atoms with Crippen molar-refractivity contribution in [2.75, 3.05) is 11.9 Å². The molecule has 0 bridgehead atoms. The predicted molar refractivity (Wildman–Crippen MR) is 92.7 cm³/mol. The highest BCUT2D eigenvalue weighted by Gasteiger charge is 2.00. The monoisotopic (exact) mass is 295 g/mol. The summed E-state index contributed by atoms with van der Waals surface area (Å²) in [6.45, 7) is 0.822. The highest BCUT2D eigenvalue weighted by Crippen LogP contribution is 2.17. The molecule has 1 heterocycles. The van der Waals surface area contributed by atoms with Crippen LogP contribution in [0.25, 0.3) is 10.9 Å². The van der Waals surface area contributed by atoms with Gasteiger partial charge in [-0.1, -0.05) is 30.3 Å². The second-order valence-electron chi connectivity index (χ2n) is 4.90. The van der Waals surface area contributed by atoms with Gasteiger partial charge in [-0.25, -0.2) is 0 Å². The number of nitrogens with one attached hydrogen (secondary N) is 3. The third kappa shape index (κ3) is 3.61. The van der Waals surface area contributed by atoms with E-state index in [0.717, 1.165) is 24.2 Å². The summed E-state index contributed by atoms with van der Waals surface area (Å²) in [4.78, 5) is 3.18. The van der Waals surface area contributed by atoms with Crippen molar-refractivity contribution in [1.82, 2.24) is 10.3 Å². The molecule has 3 nitrogen and oxygen atoms in total. The zero-order valence-corrected chi connectivity index (χ0v) is 12.4. The van der Waals surface area contributed by atoms with Crippen molar-refractivity contribution in [3.8, 4) is 0 Å². The van der Waals surface area contributed by atoms with Crippen LogP contribution in [0.1, 0.15) is 5.56 Å². The average Bonchev–Trinajstić information content (AvgIpc) is 2.96.